The second-order valence-corrected chi connectivity index (χ2v) is 5.38. The van der Waals surface area contributed by atoms with Crippen LogP contribution in [0.2, 0.25) is 5.02 Å². The van der Waals surface area contributed by atoms with E-state index in [4.69, 9.17) is 11.6 Å². The van der Waals surface area contributed by atoms with Crippen molar-refractivity contribution >= 4 is 11.6 Å². The summed E-state index contributed by atoms with van der Waals surface area (Å²) in [5.74, 6) is -0.223. The van der Waals surface area contributed by atoms with Crippen LogP contribution in [0.4, 0.5) is 4.39 Å². The molecule has 1 aromatic rings. The van der Waals surface area contributed by atoms with Crippen LogP contribution in [0.25, 0.3) is 0 Å². The first-order chi connectivity index (χ1) is 7.61. The van der Waals surface area contributed by atoms with Crippen LogP contribution >= 0.6 is 11.6 Å². The smallest absolute Gasteiger partial charge is 0.129 e. The van der Waals surface area contributed by atoms with Crippen LogP contribution in [0.3, 0.4) is 0 Å². The van der Waals surface area contributed by atoms with Crippen molar-refractivity contribution < 1.29 is 4.39 Å². The highest BCUT2D eigenvalue weighted by Gasteiger charge is 2.30. The molecule has 0 atom stereocenters. The van der Waals surface area contributed by atoms with Gasteiger partial charge in [-0.1, -0.05) is 31.0 Å². The van der Waals surface area contributed by atoms with Crippen LogP contribution in [-0.4, -0.2) is 6.54 Å². The Morgan fingerprint density at radius 1 is 1.44 bits per heavy atom. The van der Waals surface area contributed by atoms with Gasteiger partial charge in [-0.05, 0) is 30.4 Å². The minimum absolute atomic E-state index is 0.223. The number of benzene rings is 1. The fraction of sp³-hybridized carbons (Fsp3) is 0.538. The van der Waals surface area contributed by atoms with Gasteiger partial charge in [0.25, 0.3) is 0 Å². The van der Waals surface area contributed by atoms with Crippen molar-refractivity contribution in [3.05, 3.63) is 34.6 Å². The van der Waals surface area contributed by atoms with Crippen molar-refractivity contribution in [2.24, 2.45) is 5.41 Å². The van der Waals surface area contributed by atoms with Gasteiger partial charge in [0.05, 0.1) is 0 Å². The summed E-state index contributed by atoms with van der Waals surface area (Å²) in [5.41, 5.74) is 0.990. The first-order valence-electron chi connectivity index (χ1n) is 5.74. The molecule has 88 valence electrons. The van der Waals surface area contributed by atoms with Crippen molar-refractivity contribution in [3.63, 3.8) is 0 Å². The van der Waals surface area contributed by atoms with Gasteiger partial charge < -0.3 is 5.32 Å². The molecule has 1 saturated carbocycles. The molecule has 1 N–H and O–H groups in total. The van der Waals surface area contributed by atoms with Gasteiger partial charge in [-0.3, -0.25) is 0 Å². The Labute approximate surface area is 101 Å². The van der Waals surface area contributed by atoms with Gasteiger partial charge in [0.1, 0.15) is 5.82 Å². The van der Waals surface area contributed by atoms with E-state index in [1.807, 2.05) is 0 Å². The van der Waals surface area contributed by atoms with Crippen molar-refractivity contribution in [3.8, 4) is 0 Å². The maximum Gasteiger partial charge on any atom is 0.129 e. The minimum atomic E-state index is -0.223. The second-order valence-electron chi connectivity index (χ2n) is 4.97. The molecule has 0 spiro atoms. The van der Waals surface area contributed by atoms with Gasteiger partial charge in [0.2, 0.25) is 0 Å². The Morgan fingerprint density at radius 3 is 2.75 bits per heavy atom. The maximum absolute atomic E-state index is 13.4. The number of rotatable bonds is 4. The lowest BCUT2D eigenvalue weighted by Gasteiger charge is -2.38. The minimum Gasteiger partial charge on any atom is -0.312 e. The van der Waals surface area contributed by atoms with Gasteiger partial charge in [0, 0.05) is 23.7 Å². The lowest BCUT2D eigenvalue weighted by Crippen LogP contribution is -2.37. The molecule has 1 fully saturated rings. The summed E-state index contributed by atoms with van der Waals surface area (Å²) in [4.78, 5) is 0. The largest absolute Gasteiger partial charge is 0.312 e. The normalized spacial score (nSPS) is 18.2. The van der Waals surface area contributed by atoms with E-state index in [0.717, 1.165) is 6.54 Å². The maximum atomic E-state index is 13.4. The van der Waals surface area contributed by atoms with Crippen molar-refractivity contribution in [2.75, 3.05) is 6.54 Å². The molecule has 0 heterocycles. The molecule has 0 bridgehead atoms. The summed E-state index contributed by atoms with van der Waals surface area (Å²) in [5, 5.41) is 3.81. The van der Waals surface area contributed by atoms with E-state index in [0.29, 0.717) is 22.5 Å². The quantitative estimate of drug-likeness (QED) is 0.847. The number of halogens is 2. The molecule has 0 aromatic heterocycles. The second kappa shape index (κ2) is 4.72. The molecule has 16 heavy (non-hydrogen) atoms. The van der Waals surface area contributed by atoms with E-state index in [-0.39, 0.29) is 5.82 Å². The third-order valence-electron chi connectivity index (χ3n) is 3.48. The predicted molar refractivity (Wildman–Crippen MR) is 65.1 cm³/mol. The molecule has 0 radical (unpaired) electrons. The van der Waals surface area contributed by atoms with Crippen molar-refractivity contribution in [1.29, 1.82) is 0 Å². The SMILES string of the molecule is CC1(CNCc2c(F)cccc2Cl)CCC1. The third-order valence-corrected chi connectivity index (χ3v) is 3.83. The molecule has 1 aliphatic carbocycles. The molecular formula is C13H17ClFN. The zero-order valence-corrected chi connectivity index (χ0v) is 10.3. The van der Waals surface area contributed by atoms with Crippen molar-refractivity contribution in [1.82, 2.24) is 5.32 Å². The van der Waals surface area contributed by atoms with Crippen LogP contribution in [0.15, 0.2) is 18.2 Å². The summed E-state index contributed by atoms with van der Waals surface area (Å²) in [6, 6.07) is 4.81. The Hall–Kier alpha value is -0.600. The van der Waals surface area contributed by atoms with E-state index in [1.54, 1.807) is 12.1 Å². The topological polar surface area (TPSA) is 12.0 Å². The summed E-state index contributed by atoms with van der Waals surface area (Å²) >= 11 is 5.95. The third kappa shape index (κ3) is 2.55. The summed E-state index contributed by atoms with van der Waals surface area (Å²) < 4.78 is 13.4. The van der Waals surface area contributed by atoms with E-state index in [1.165, 1.54) is 25.3 Å². The van der Waals surface area contributed by atoms with Gasteiger partial charge in [0.15, 0.2) is 0 Å². The Bertz CT molecular complexity index is 354. The highest BCUT2D eigenvalue weighted by Crippen LogP contribution is 2.39. The summed E-state index contributed by atoms with van der Waals surface area (Å²) in [6.07, 6.45) is 3.86. The van der Waals surface area contributed by atoms with Gasteiger partial charge in [-0.25, -0.2) is 4.39 Å². The molecule has 0 saturated heterocycles. The monoisotopic (exact) mass is 241 g/mol. The van der Waals surface area contributed by atoms with Crippen LogP contribution in [-0.2, 0) is 6.54 Å². The first-order valence-corrected chi connectivity index (χ1v) is 6.12. The Kier molecular flexibility index (Phi) is 3.50. The Morgan fingerprint density at radius 2 is 2.19 bits per heavy atom. The zero-order chi connectivity index (χ0) is 11.6. The standard InChI is InChI=1S/C13H17ClFN/c1-13(6-3-7-13)9-16-8-10-11(14)4-2-5-12(10)15/h2,4-5,16H,3,6-9H2,1H3. The molecular weight excluding hydrogens is 225 g/mol. The molecule has 2 rings (SSSR count). The molecule has 0 aliphatic heterocycles. The lowest BCUT2D eigenvalue weighted by atomic mass is 9.70. The van der Waals surface area contributed by atoms with Crippen LogP contribution in [0.1, 0.15) is 31.7 Å². The van der Waals surface area contributed by atoms with Crippen molar-refractivity contribution in [2.45, 2.75) is 32.7 Å². The van der Waals surface area contributed by atoms with E-state index >= 15 is 0 Å². The lowest BCUT2D eigenvalue weighted by molar-refractivity contribution is 0.156. The molecule has 0 amide bonds. The van der Waals surface area contributed by atoms with Gasteiger partial charge in [-0.15, -0.1) is 0 Å². The number of nitrogens with one attached hydrogen (secondary N) is 1. The van der Waals surface area contributed by atoms with Crippen LogP contribution in [0.5, 0.6) is 0 Å². The predicted octanol–water partition coefficient (Wildman–Crippen LogP) is 3.76. The highest BCUT2D eigenvalue weighted by molar-refractivity contribution is 6.31. The molecule has 3 heteroatoms. The summed E-state index contributed by atoms with van der Waals surface area (Å²) in [7, 11) is 0. The highest BCUT2D eigenvalue weighted by atomic mass is 35.5. The fourth-order valence-electron chi connectivity index (χ4n) is 2.15. The summed E-state index contributed by atoms with van der Waals surface area (Å²) in [6.45, 7) is 3.73. The van der Waals surface area contributed by atoms with E-state index in [9.17, 15) is 4.39 Å². The number of hydrogen-bond donors (Lipinski definition) is 1. The number of hydrogen-bond acceptors (Lipinski definition) is 1. The van der Waals surface area contributed by atoms with Gasteiger partial charge in [-0.2, -0.15) is 0 Å². The Balaban J connectivity index is 1.89. The van der Waals surface area contributed by atoms with E-state index < -0.39 is 0 Å². The average Bonchev–Trinajstić information content (AvgIpc) is 2.20. The van der Waals surface area contributed by atoms with E-state index in [2.05, 4.69) is 12.2 Å². The first kappa shape index (κ1) is 11.9. The molecule has 1 aliphatic rings. The van der Waals surface area contributed by atoms with Crippen LogP contribution < -0.4 is 5.32 Å². The average molecular weight is 242 g/mol. The molecule has 0 unspecified atom stereocenters. The molecule has 1 nitrogen and oxygen atoms in total. The fourth-order valence-corrected chi connectivity index (χ4v) is 2.38. The zero-order valence-electron chi connectivity index (χ0n) is 9.52. The van der Waals surface area contributed by atoms with Crippen LogP contribution in [0, 0.1) is 11.2 Å². The van der Waals surface area contributed by atoms with Gasteiger partial charge >= 0.3 is 0 Å². The molecule has 1 aromatic carbocycles.